The lowest BCUT2D eigenvalue weighted by atomic mass is 9.91. The summed E-state index contributed by atoms with van der Waals surface area (Å²) in [5.74, 6) is 1.86. The molecule has 2 N–H and O–H groups in total. The summed E-state index contributed by atoms with van der Waals surface area (Å²) in [6.07, 6.45) is 1.59. The van der Waals surface area contributed by atoms with Crippen LogP contribution in [0, 0.1) is 5.92 Å². The van der Waals surface area contributed by atoms with Crippen molar-refractivity contribution < 1.29 is 19.7 Å². The summed E-state index contributed by atoms with van der Waals surface area (Å²) in [6, 6.07) is 7.02. The van der Waals surface area contributed by atoms with Crippen LogP contribution in [0.2, 0.25) is 0 Å². The standard InChI is InChI=1S/C18H26O4/c1-5-15(11-13(2)22-10-9-19)14(3)18(21-4)16-7-6-8-17(20)12-16/h6-8,12,15,19-20H,2,5,9-11H2,1,3-4H3/b18-14+. The van der Waals surface area contributed by atoms with Gasteiger partial charge < -0.3 is 19.7 Å². The highest BCUT2D eigenvalue weighted by atomic mass is 16.5. The Hall–Kier alpha value is -1.94. The van der Waals surface area contributed by atoms with Crippen LogP contribution >= 0.6 is 0 Å². The molecular formula is C18H26O4. The Morgan fingerprint density at radius 3 is 2.64 bits per heavy atom. The summed E-state index contributed by atoms with van der Waals surface area (Å²) >= 11 is 0. The fraction of sp³-hybridized carbons (Fsp3) is 0.444. The molecule has 0 heterocycles. The number of hydrogen-bond donors (Lipinski definition) is 2. The number of aliphatic hydroxyl groups is 1. The molecule has 122 valence electrons. The van der Waals surface area contributed by atoms with E-state index in [-0.39, 0.29) is 24.9 Å². The van der Waals surface area contributed by atoms with Crippen molar-refractivity contribution in [3.8, 4) is 5.75 Å². The van der Waals surface area contributed by atoms with Gasteiger partial charge in [0.15, 0.2) is 0 Å². The molecule has 0 aliphatic carbocycles. The van der Waals surface area contributed by atoms with Gasteiger partial charge >= 0.3 is 0 Å². The Kier molecular flexibility index (Phi) is 7.54. The first kappa shape index (κ1) is 18.1. The minimum Gasteiger partial charge on any atom is -0.508 e. The third-order valence-electron chi connectivity index (χ3n) is 3.65. The maximum atomic E-state index is 9.64. The van der Waals surface area contributed by atoms with Crippen LogP contribution in [0.15, 0.2) is 42.2 Å². The summed E-state index contributed by atoms with van der Waals surface area (Å²) in [7, 11) is 1.63. The highest BCUT2D eigenvalue weighted by Gasteiger charge is 2.17. The lowest BCUT2D eigenvalue weighted by molar-refractivity contribution is 0.136. The van der Waals surface area contributed by atoms with Gasteiger partial charge in [-0.25, -0.2) is 0 Å². The zero-order valence-corrected chi connectivity index (χ0v) is 13.6. The summed E-state index contributed by atoms with van der Waals surface area (Å²) in [6.45, 7) is 8.27. The van der Waals surface area contributed by atoms with Crippen molar-refractivity contribution in [2.45, 2.75) is 26.7 Å². The van der Waals surface area contributed by atoms with Crippen molar-refractivity contribution in [2.75, 3.05) is 20.3 Å². The molecule has 0 bridgehead atoms. The second-order valence-corrected chi connectivity index (χ2v) is 5.19. The second-order valence-electron chi connectivity index (χ2n) is 5.19. The molecule has 4 nitrogen and oxygen atoms in total. The van der Waals surface area contributed by atoms with E-state index < -0.39 is 0 Å². The quantitative estimate of drug-likeness (QED) is 0.683. The van der Waals surface area contributed by atoms with Gasteiger partial charge in [-0.1, -0.05) is 25.6 Å². The highest BCUT2D eigenvalue weighted by Crippen LogP contribution is 2.31. The van der Waals surface area contributed by atoms with Gasteiger partial charge in [0, 0.05) is 12.0 Å². The van der Waals surface area contributed by atoms with E-state index in [9.17, 15) is 5.11 Å². The van der Waals surface area contributed by atoms with Gasteiger partial charge in [0.25, 0.3) is 0 Å². The molecule has 1 aromatic carbocycles. The topological polar surface area (TPSA) is 58.9 Å². The first-order valence-electron chi connectivity index (χ1n) is 7.49. The molecule has 0 fully saturated rings. The van der Waals surface area contributed by atoms with E-state index in [0.717, 1.165) is 23.3 Å². The van der Waals surface area contributed by atoms with Crippen LogP contribution in [0.3, 0.4) is 0 Å². The van der Waals surface area contributed by atoms with E-state index in [2.05, 4.69) is 13.5 Å². The predicted molar refractivity (Wildman–Crippen MR) is 88.3 cm³/mol. The minimum atomic E-state index is -0.0166. The summed E-state index contributed by atoms with van der Waals surface area (Å²) < 4.78 is 10.9. The number of aromatic hydroxyl groups is 1. The van der Waals surface area contributed by atoms with Gasteiger partial charge in [0.1, 0.15) is 18.1 Å². The van der Waals surface area contributed by atoms with Crippen LogP contribution < -0.4 is 0 Å². The van der Waals surface area contributed by atoms with Gasteiger partial charge in [-0.3, -0.25) is 0 Å². The Morgan fingerprint density at radius 2 is 2.09 bits per heavy atom. The van der Waals surface area contributed by atoms with Gasteiger partial charge in [0.05, 0.1) is 19.5 Å². The summed E-state index contributed by atoms with van der Waals surface area (Å²) in [4.78, 5) is 0. The monoisotopic (exact) mass is 306 g/mol. The Labute approximate surface area is 132 Å². The van der Waals surface area contributed by atoms with Crippen molar-refractivity contribution in [1.82, 2.24) is 0 Å². The van der Waals surface area contributed by atoms with Gasteiger partial charge in [-0.15, -0.1) is 0 Å². The Morgan fingerprint density at radius 1 is 1.36 bits per heavy atom. The normalized spacial score (nSPS) is 13.3. The lowest BCUT2D eigenvalue weighted by Crippen LogP contribution is -2.08. The first-order chi connectivity index (χ1) is 10.5. The Bertz CT molecular complexity index is 520. The van der Waals surface area contributed by atoms with Crippen LogP contribution in [-0.4, -0.2) is 30.5 Å². The van der Waals surface area contributed by atoms with E-state index in [1.165, 1.54) is 0 Å². The highest BCUT2D eigenvalue weighted by molar-refractivity contribution is 5.64. The molecule has 22 heavy (non-hydrogen) atoms. The third-order valence-corrected chi connectivity index (χ3v) is 3.65. The van der Waals surface area contributed by atoms with E-state index >= 15 is 0 Å². The van der Waals surface area contributed by atoms with Crippen LogP contribution in [0.5, 0.6) is 5.75 Å². The van der Waals surface area contributed by atoms with Crippen molar-refractivity contribution in [3.63, 3.8) is 0 Å². The van der Waals surface area contributed by atoms with Gasteiger partial charge in [-0.2, -0.15) is 0 Å². The van der Waals surface area contributed by atoms with Crippen molar-refractivity contribution in [1.29, 1.82) is 0 Å². The van der Waals surface area contributed by atoms with E-state index in [1.54, 1.807) is 25.3 Å². The molecule has 0 spiro atoms. The molecule has 0 radical (unpaired) electrons. The van der Waals surface area contributed by atoms with E-state index in [4.69, 9.17) is 14.6 Å². The number of aliphatic hydroxyl groups excluding tert-OH is 1. The number of benzene rings is 1. The molecule has 1 atom stereocenters. The number of phenolic OH excluding ortho intramolecular Hbond substituents is 1. The second kappa shape index (κ2) is 9.15. The molecule has 0 saturated carbocycles. The largest absolute Gasteiger partial charge is 0.508 e. The average molecular weight is 306 g/mol. The molecule has 0 amide bonds. The van der Waals surface area contributed by atoms with Crippen molar-refractivity contribution in [2.24, 2.45) is 5.92 Å². The molecule has 0 aromatic heterocycles. The lowest BCUT2D eigenvalue weighted by Gasteiger charge is -2.21. The molecule has 1 unspecified atom stereocenters. The van der Waals surface area contributed by atoms with Crippen LogP contribution in [-0.2, 0) is 9.47 Å². The van der Waals surface area contributed by atoms with E-state index in [0.29, 0.717) is 12.2 Å². The van der Waals surface area contributed by atoms with Gasteiger partial charge in [0.2, 0.25) is 0 Å². The zero-order chi connectivity index (χ0) is 16.5. The number of hydrogen-bond acceptors (Lipinski definition) is 4. The molecule has 0 aliphatic rings. The third kappa shape index (κ3) is 5.11. The van der Waals surface area contributed by atoms with E-state index in [1.807, 2.05) is 13.0 Å². The number of rotatable bonds is 9. The Balaban J connectivity index is 2.98. The fourth-order valence-corrected chi connectivity index (χ4v) is 2.47. The fourth-order valence-electron chi connectivity index (χ4n) is 2.47. The maximum absolute atomic E-state index is 9.64. The number of methoxy groups -OCH3 is 1. The number of allylic oxidation sites excluding steroid dienone is 2. The maximum Gasteiger partial charge on any atom is 0.125 e. The zero-order valence-electron chi connectivity index (χ0n) is 13.6. The van der Waals surface area contributed by atoms with Crippen molar-refractivity contribution >= 4 is 5.76 Å². The van der Waals surface area contributed by atoms with Gasteiger partial charge in [-0.05, 0) is 37.0 Å². The first-order valence-corrected chi connectivity index (χ1v) is 7.49. The van der Waals surface area contributed by atoms with Crippen molar-refractivity contribution in [3.05, 3.63) is 47.7 Å². The molecule has 1 aromatic rings. The molecule has 0 aliphatic heterocycles. The molecule has 1 rings (SSSR count). The van der Waals surface area contributed by atoms with Crippen LogP contribution in [0.4, 0.5) is 0 Å². The summed E-state index contributed by atoms with van der Waals surface area (Å²) in [5, 5.41) is 18.4. The number of ether oxygens (including phenoxy) is 2. The predicted octanol–water partition coefficient (Wildman–Crippen LogP) is 3.71. The number of phenols is 1. The van der Waals surface area contributed by atoms with Crippen LogP contribution in [0.25, 0.3) is 5.76 Å². The average Bonchev–Trinajstić information content (AvgIpc) is 2.51. The summed E-state index contributed by atoms with van der Waals surface area (Å²) in [5.41, 5.74) is 1.93. The van der Waals surface area contributed by atoms with Crippen LogP contribution in [0.1, 0.15) is 32.3 Å². The minimum absolute atomic E-state index is 0.0166. The molecule has 4 heteroatoms. The molecular weight excluding hydrogens is 280 g/mol. The smallest absolute Gasteiger partial charge is 0.125 e. The SMILES string of the molecule is C=C(CC(CC)/C(C)=C(/OC)c1cccc(O)c1)OCCO. The molecule has 0 saturated heterocycles.